The molecule has 0 aliphatic heterocycles. The molecule has 0 radical (unpaired) electrons. The molecule has 0 heterocycles. The molecule has 0 unspecified atom stereocenters. The van der Waals surface area contributed by atoms with Gasteiger partial charge in [0.2, 0.25) is 0 Å². The maximum Gasteiger partial charge on any atom is 0.527 e. The van der Waals surface area contributed by atoms with Crippen molar-refractivity contribution in [2.24, 2.45) is 0 Å². The van der Waals surface area contributed by atoms with Crippen molar-refractivity contribution in [2.75, 3.05) is 6.61 Å². The SMILES string of the molecule is O=S(=O)(OCC(F)(F)C(F)(F)OC(F)(F)F)C(F)(F)F. The zero-order chi connectivity index (χ0) is 16.6. The molecule has 20 heavy (non-hydrogen) atoms. The van der Waals surface area contributed by atoms with Gasteiger partial charge in [-0.1, -0.05) is 0 Å². The molecule has 0 saturated heterocycles. The average Bonchev–Trinajstić information content (AvgIpc) is 2.08. The van der Waals surface area contributed by atoms with Gasteiger partial charge in [-0.15, -0.1) is 13.2 Å². The van der Waals surface area contributed by atoms with Crippen LogP contribution in [-0.2, 0) is 19.0 Å². The summed E-state index contributed by atoms with van der Waals surface area (Å²) in [6, 6.07) is 0. The van der Waals surface area contributed by atoms with E-state index in [1.54, 1.807) is 4.74 Å². The summed E-state index contributed by atoms with van der Waals surface area (Å²) in [5.41, 5.74) is -6.22. The zero-order valence-corrected chi connectivity index (χ0v) is 9.34. The molecule has 0 spiro atoms. The third-order valence-corrected chi connectivity index (χ3v) is 2.34. The fourth-order valence-corrected chi connectivity index (χ4v) is 0.959. The van der Waals surface area contributed by atoms with Gasteiger partial charge in [0, 0.05) is 0 Å². The quantitative estimate of drug-likeness (QED) is 0.435. The van der Waals surface area contributed by atoms with Crippen molar-refractivity contribution in [2.45, 2.75) is 23.9 Å². The van der Waals surface area contributed by atoms with Gasteiger partial charge in [-0.3, -0.25) is 4.18 Å². The summed E-state index contributed by atoms with van der Waals surface area (Å²) in [5.74, 6) is -6.00. The van der Waals surface area contributed by atoms with Gasteiger partial charge in [0.15, 0.2) is 0 Å². The second-order valence-electron chi connectivity index (χ2n) is 2.93. The fourth-order valence-electron chi connectivity index (χ4n) is 0.522. The summed E-state index contributed by atoms with van der Waals surface area (Å²) in [4.78, 5) is 0. The van der Waals surface area contributed by atoms with Crippen LogP contribution in [0.25, 0.3) is 0 Å². The van der Waals surface area contributed by atoms with E-state index in [0.29, 0.717) is 0 Å². The van der Waals surface area contributed by atoms with Crippen LogP contribution < -0.4 is 0 Å². The number of halogens is 10. The minimum Gasteiger partial charge on any atom is -0.256 e. The number of rotatable bonds is 5. The molecular weight excluding hydrogens is 346 g/mol. The summed E-state index contributed by atoms with van der Waals surface area (Å²) < 4.78 is 143. The van der Waals surface area contributed by atoms with Gasteiger partial charge in [-0.05, 0) is 0 Å². The Labute approximate surface area is 103 Å². The molecule has 0 aromatic rings. The monoisotopic (exact) mass is 348 g/mol. The Morgan fingerprint density at radius 2 is 1.20 bits per heavy atom. The molecular formula is C5H2F10O4S. The van der Waals surface area contributed by atoms with Crippen LogP contribution in [0, 0.1) is 0 Å². The maximum absolute atomic E-state index is 12.5. The lowest BCUT2D eigenvalue weighted by Gasteiger charge is -2.26. The third-order valence-electron chi connectivity index (χ3n) is 1.35. The topological polar surface area (TPSA) is 52.6 Å². The minimum atomic E-state index is -6.69. The highest BCUT2D eigenvalue weighted by Gasteiger charge is 2.64. The van der Waals surface area contributed by atoms with Crippen molar-refractivity contribution in [3.63, 3.8) is 0 Å². The van der Waals surface area contributed by atoms with Crippen LogP contribution in [0.4, 0.5) is 43.9 Å². The standard InChI is InChI=1S/C5H2F10O4S/c6-2(7,3(8,9)19-4(10,11)12)1-18-20(16,17)5(13,14)15/h1H2. The molecule has 122 valence electrons. The van der Waals surface area contributed by atoms with Crippen molar-refractivity contribution in [1.82, 2.24) is 0 Å². The molecule has 0 amide bonds. The molecule has 4 nitrogen and oxygen atoms in total. The highest BCUT2D eigenvalue weighted by molar-refractivity contribution is 7.87. The zero-order valence-electron chi connectivity index (χ0n) is 8.53. The second kappa shape index (κ2) is 5.18. The van der Waals surface area contributed by atoms with E-state index in [-0.39, 0.29) is 0 Å². The molecule has 0 aromatic heterocycles. The second-order valence-corrected chi connectivity index (χ2v) is 4.54. The Hall–Kier alpha value is -0.830. The summed E-state index contributed by atoms with van der Waals surface area (Å²) >= 11 is 0. The van der Waals surface area contributed by atoms with Gasteiger partial charge in [0.1, 0.15) is 6.61 Å². The Bertz CT molecular complexity index is 434. The summed E-state index contributed by atoms with van der Waals surface area (Å²) in [5, 5.41) is 0. The fraction of sp³-hybridized carbons (Fsp3) is 1.00. The van der Waals surface area contributed by atoms with Crippen LogP contribution in [0.1, 0.15) is 0 Å². The van der Waals surface area contributed by atoms with Crippen LogP contribution in [0.15, 0.2) is 0 Å². The van der Waals surface area contributed by atoms with E-state index in [9.17, 15) is 52.3 Å². The van der Waals surface area contributed by atoms with Crippen LogP contribution in [-0.4, -0.2) is 38.9 Å². The van der Waals surface area contributed by atoms with Crippen LogP contribution >= 0.6 is 0 Å². The van der Waals surface area contributed by atoms with Crippen molar-refractivity contribution >= 4 is 10.1 Å². The van der Waals surface area contributed by atoms with Crippen LogP contribution in [0.3, 0.4) is 0 Å². The number of alkyl halides is 10. The predicted molar refractivity (Wildman–Crippen MR) is 38.0 cm³/mol. The smallest absolute Gasteiger partial charge is 0.256 e. The highest BCUT2D eigenvalue weighted by Crippen LogP contribution is 2.40. The van der Waals surface area contributed by atoms with Crippen LogP contribution in [0.5, 0.6) is 0 Å². The minimum absolute atomic E-state index is 1.70. The van der Waals surface area contributed by atoms with E-state index in [2.05, 4.69) is 4.18 Å². The van der Waals surface area contributed by atoms with Crippen molar-refractivity contribution in [3.8, 4) is 0 Å². The summed E-state index contributed by atoms with van der Waals surface area (Å²) in [7, 11) is -6.69. The first-order valence-electron chi connectivity index (χ1n) is 3.89. The van der Waals surface area contributed by atoms with E-state index < -0.39 is 40.6 Å². The van der Waals surface area contributed by atoms with E-state index in [4.69, 9.17) is 0 Å². The van der Waals surface area contributed by atoms with E-state index in [0.717, 1.165) is 0 Å². The van der Waals surface area contributed by atoms with Crippen molar-refractivity contribution in [1.29, 1.82) is 0 Å². The molecule has 0 bridgehead atoms. The Morgan fingerprint density at radius 3 is 1.50 bits per heavy atom. The lowest BCUT2D eigenvalue weighted by atomic mass is 10.3. The lowest BCUT2D eigenvalue weighted by molar-refractivity contribution is -0.467. The first-order chi connectivity index (χ1) is 8.41. The summed E-state index contributed by atoms with van der Waals surface area (Å²) in [6.45, 7) is -3.21. The molecule has 0 aliphatic carbocycles. The normalized spacial score (nSPS) is 15.5. The summed E-state index contributed by atoms with van der Waals surface area (Å²) in [6.07, 6.45) is -12.6. The molecule has 0 atom stereocenters. The molecule has 0 saturated carbocycles. The number of ether oxygens (including phenoxy) is 1. The van der Waals surface area contributed by atoms with E-state index >= 15 is 0 Å². The number of hydrogen-bond acceptors (Lipinski definition) is 4. The van der Waals surface area contributed by atoms with Gasteiger partial charge in [0.25, 0.3) is 0 Å². The number of hydrogen-bond donors (Lipinski definition) is 0. The Morgan fingerprint density at radius 1 is 0.800 bits per heavy atom. The Balaban J connectivity index is 5.02. The van der Waals surface area contributed by atoms with E-state index in [1.807, 2.05) is 0 Å². The first kappa shape index (κ1) is 19.2. The molecule has 0 fully saturated rings. The molecule has 0 N–H and O–H groups in total. The maximum atomic E-state index is 12.5. The van der Waals surface area contributed by atoms with Gasteiger partial charge in [0.05, 0.1) is 0 Å². The Kier molecular flexibility index (Phi) is 4.96. The lowest BCUT2D eigenvalue weighted by Crippen LogP contribution is -2.49. The van der Waals surface area contributed by atoms with Gasteiger partial charge >= 0.3 is 34.0 Å². The molecule has 0 rings (SSSR count). The largest absolute Gasteiger partial charge is 0.527 e. The van der Waals surface area contributed by atoms with E-state index in [1.165, 1.54) is 0 Å². The average molecular weight is 348 g/mol. The highest BCUT2D eigenvalue weighted by atomic mass is 32.2. The van der Waals surface area contributed by atoms with Crippen molar-refractivity contribution < 1.29 is 61.2 Å². The van der Waals surface area contributed by atoms with Gasteiger partial charge in [-0.2, -0.15) is 39.2 Å². The third kappa shape index (κ3) is 4.93. The van der Waals surface area contributed by atoms with Gasteiger partial charge in [-0.25, -0.2) is 4.74 Å². The molecule has 0 aliphatic rings. The molecule has 15 heteroatoms. The molecule has 0 aromatic carbocycles. The predicted octanol–water partition coefficient (Wildman–Crippen LogP) is 2.62. The van der Waals surface area contributed by atoms with Crippen LogP contribution in [0.2, 0.25) is 0 Å². The first-order valence-corrected chi connectivity index (χ1v) is 5.30. The van der Waals surface area contributed by atoms with Gasteiger partial charge < -0.3 is 0 Å². The van der Waals surface area contributed by atoms with Crippen molar-refractivity contribution in [3.05, 3.63) is 0 Å².